The number of carbonyl (C=O) groups is 4. The Morgan fingerprint density at radius 1 is 0.765 bits per heavy atom. The normalized spacial score (nSPS) is 39.1. The van der Waals surface area contributed by atoms with Crippen molar-refractivity contribution in [1.29, 1.82) is 0 Å². The van der Waals surface area contributed by atoms with Crippen LogP contribution in [-0.4, -0.2) is 109 Å². The molecule has 10 atom stereocenters. The minimum absolute atomic E-state index is 0.0186. The average Bonchev–Trinajstić information content (AvgIpc) is 3.17. The van der Waals surface area contributed by atoms with E-state index < -0.39 is 91.9 Å². The zero-order chi connectivity index (χ0) is 25.2. The Balaban J connectivity index is 1.94. The van der Waals surface area contributed by atoms with Crippen molar-refractivity contribution in [3.05, 3.63) is 0 Å². The Labute approximate surface area is 194 Å². The molecule has 3 fully saturated rings. The second-order valence-electron chi connectivity index (χ2n) is 7.99. The fourth-order valence-electron chi connectivity index (χ4n) is 4.09. The first-order valence-electron chi connectivity index (χ1n) is 10.6. The lowest BCUT2D eigenvalue weighted by Gasteiger charge is -2.46. The van der Waals surface area contributed by atoms with E-state index in [9.17, 15) is 29.4 Å². The number of hydrogen-bond donors (Lipinski definition) is 2. The Morgan fingerprint density at radius 2 is 1.29 bits per heavy atom. The number of aliphatic hydroxyl groups excluding tert-OH is 2. The number of rotatable bonds is 7. The maximum absolute atomic E-state index is 11.8. The molecular weight excluding hydrogens is 464 g/mol. The van der Waals surface area contributed by atoms with Gasteiger partial charge < -0.3 is 48.1 Å². The molecule has 0 unspecified atom stereocenters. The third-order valence-corrected chi connectivity index (χ3v) is 5.31. The van der Waals surface area contributed by atoms with Crippen LogP contribution < -0.4 is 0 Å². The maximum atomic E-state index is 11.8. The molecule has 0 spiro atoms. The van der Waals surface area contributed by atoms with Crippen molar-refractivity contribution in [3.8, 4) is 0 Å². The van der Waals surface area contributed by atoms with Gasteiger partial charge in [0.2, 0.25) is 0 Å². The average molecular weight is 492 g/mol. The fourth-order valence-corrected chi connectivity index (χ4v) is 4.09. The summed E-state index contributed by atoms with van der Waals surface area (Å²) in [5.41, 5.74) is 0. The molecular formula is C20H28O14. The van der Waals surface area contributed by atoms with Gasteiger partial charge in [-0.3, -0.25) is 19.2 Å². The minimum atomic E-state index is -1.56. The predicted molar refractivity (Wildman–Crippen MR) is 103 cm³/mol. The summed E-state index contributed by atoms with van der Waals surface area (Å²) >= 11 is 0. The second kappa shape index (κ2) is 10.9. The Bertz CT molecular complexity index is 785. The fraction of sp³-hybridized carbons (Fsp3) is 0.800. The van der Waals surface area contributed by atoms with Crippen LogP contribution in [0.25, 0.3) is 0 Å². The number of esters is 4. The Kier molecular flexibility index (Phi) is 8.43. The zero-order valence-electron chi connectivity index (χ0n) is 19.0. The van der Waals surface area contributed by atoms with Gasteiger partial charge in [0.1, 0.15) is 24.4 Å². The van der Waals surface area contributed by atoms with Crippen molar-refractivity contribution in [2.45, 2.75) is 89.1 Å². The molecule has 0 saturated carbocycles. The van der Waals surface area contributed by atoms with Crippen LogP contribution in [0, 0.1) is 0 Å². The highest BCUT2D eigenvalue weighted by Crippen LogP contribution is 2.37. The SMILES string of the molecule is CC(=O)O[C@@H]1[C@@H](OC(C)=O)[C@@H]2OC[C@@H](O2)[C@H]1O[C@H]1O[C@H](CO)[C@@H](O)[C@H](OC(C)=O)[C@H]1OC(C)=O. The van der Waals surface area contributed by atoms with E-state index in [-0.39, 0.29) is 6.61 Å². The van der Waals surface area contributed by atoms with Crippen molar-refractivity contribution >= 4 is 23.9 Å². The van der Waals surface area contributed by atoms with Crippen LogP contribution >= 0.6 is 0 Å². The number of fused-ring (bicyclic) bond motifs is 2. The molecule has 0 aromatic rings. The highest BCUT2D eigenvalue weighted by atomic mass is 16.8. The van der Waals surface area contributed by atoms with Crippen molar-refractivity contribution < 1.29 is 67.3 Å². The summed E-state index contributed by atoms with van der Waals surface area (Å²) in [4.78, 5) is 46.9. The van der Waals surface area contributed by atoms with Gasteiger partial charge in [0.15, 0.2) is 37.0 Å². The molecule has 0 aromatic carbocycles. The first kappa shape index (κ1) is 26.2. The van der Waals surface area contributed by atoms with Gasteiger partial charge in [0.25, 0.3) is 0 Å². The van der Waals surface area contributed by atoms with Crippen LogP contribution in [0.5, 0.6) is 0 Å². The molecule has 34 heavy (non-hydrogen) atoms. The molecule has 2 N–H and O–H groups in total. The van der Waals surface area contributed by atoms with Gasteiger partial charge in [-0.25, -0.2) is 0 Å². The van der Waals surface area contributed by atoms with Gasteiger partial charge in [0.05, 0.1) is 13.2 Å². The molecule has 2 bridgehead atoms. The van der Waals surface area contributed by atoms with Gasteiger partial charge in [-0.15, -0.1) is 0 Å². The number of carbonyl (C=O) groups excluding carboxylic acids is 4. The molecule has 3 heterocycles. The van der Waals surface area contributed by atoms with Crippen LogP contribution in [0.15, 0.2) is 0 Å². The van der Waals surface area contributed by atoms with Gasteiger partial charge >= 0.3 is 23.9 Å². The third-order valence-electron chi connectivity index (χ3n) is 5.31. The molecule has 3 aliphatic heterocycles. The van der Waals surface area contributed by atoms with Crippen LogP contribution in [0.2, 0.25) is 0 Å². The Morgan fingerprint density at radius 3 is 1.85 bits per heavy atom. The molecule has 14 heteroatoms. The van der Waals surface area contributed by atoms with E-state index in [4.69, 9.17) is 37.9 Å². The lowest BCUT2D eigenvalue weighted by Crippen LogP contribution is -2.65. The number of aliphatic hydroxyl groups is 2. The predicted octanol–water partition coefficient (Wildman–Crippen LogP) is -2.07. The highest BCUT2D eigenvalue weighted by Gasteiger charge is 2.58. The first-order valence-corrected chi connectivity index (χ1v) is 10.6. The second-order valence-corrected chi connectivity index (χ2v) is 7.99. The molecule has 0 aromatic heterocycles. The molecule has 14 nitrogen and oxygen atoms in total. The molecule has 0 radical (unpaired) electrons. The van der Waals surface area contributed by atoms with Gasteiger partial charge in [-0.05, 0) is 0 Å². The number of ether oxygens (including phenoxy) is 8. The van der Waals surface area contributed by atoms with Gasteiger partial charge in [-0.2, -0.15) is 0 Å². The monoisotopic (exact) mass is 492 g/mol. The van der Waals surface area contributed by atoms with E-state index in [0.29, 0.717) is 0 Å². The van der Waals surface area contributed by atoms with Gasteiger partial charge in [-0.1, -0.05) is 0 Å². The van der Waals surface area contributed by atoms with Crippen LogP contribution in [-0.2, 0) is 57.1 Å². The third kappa shape index (κ3) is 5.82. The highest BCUT2D eigenvalue weighted by molar-refractivity contribution is 5.68. The maximum Gasteiger partial charge on any atom is 0.303 e. The summed E-state index contributed by atoms with van der Waals surface area (Å²) in [5.74, 6) is -2.99. The van der Waals surface area contributed by atoms with E-state index in [0.717, 1.165) is 27.7 Å². The van der Waals surface area contributed by atoms with E-state index >= 15 is 0 Å². The van der Waals surface area contributed by atoms with Crippen molar-refractivity contribution in [3.63, 3.8) is 0 Å². The molecule has 3 saturated heterocycles. The summed E-state index contributed by atoms with van der Waals surface area (Å²) in [7, 11) is 0. The van der Waals surface area contributed by atoms with Crippen LogP contribution in [0.4, 0.5) is 0 Å². The molecule has 192 valence electrons. The molecule has 3 rings (SSSR count). The zero-order valence-corrected chi connectivity index (χ0v) is 19.0. The standard InChI is InChI=1S/C20H28O14/c1-7(22)28-15-13(26)11(5-21)32-20(17(15)30-9(3)24)34-14-12-6-27-19(33-12)18(31-10(4)25)16(14)29-8(2)23/h11-21,26H,5-6H2,1-4H3/t11-,12-,13-,14-,15+,16+,17-,18-,19-,20-/m1/s1. The van der Waals surface area contributed by atoms with E-state index in [2.05, 4.69) is 0 Å². The first-order chi connectivity index (χ1) is 16.0. The van der Waals surface area contributed by atoms with Crippen LogP contribution in [0.1, 0.15) is 27.7 Å². The van der Waals surface area contributed by atoms with Crippen molar-refractivity contribution in [2.75, 3.05) is 13.2 Å². The smallest absolute Gasteiger partial charge is 0.303 e. The Hall–Kier alpha value is -2.36. The molecule has 3 aliphatic rings. The van der Waals surface area contributed by atoms with Gasteiger partial charge in [0, 0.05) is 27.7 Å². The quantitative estimate of drug-likeness (QED) is 0.292. The number of hydrogen-bond acceptors (Lipinski definition) is 14. The summed E-state index contributed by atoms with van der Waals surface area (Å²) in [6.45, 7) is 3.76. The minimum Gasteiger partial charge on any atom is -0.455 e. The van der Waals surface area contributed by atoms with E-state index in [1.54, 1.807) is 0 Å². The summed E-state index contributed by atoms with van der Waals surface area (Å²) in [5, 5.41) is 20.2. The molecule has 0 amide bonds. The van der Waals surface area contributed by atoms with E-state index in [1.807, 2.05) is 0 Å². The topological polar surface area (TPSA) is 183 Å². The summed E-state index contributed by atoms with van der Waals surface area (Å²) in [6, 6.07) is 0. The van der Waals surface area contributed by atoms with Crippen molar-refractivity contribution in [1.82, 2.24) is 0 Å². The lowest BCUT2D eigenvalue weighted by molar-refractivity contribution is -0.340. The van der Waals surface area contributed by atoms with Crippen molar-refractivity contribution in [2.24, 2.45) is 0 Å². The summed E-state index contributed by atoms with van der Waals surface area (Å²) < 4.78 is 43.8. The summed E-state index contributed by atoms with van der Waals surface area (Å²) in [6.07, 6.45) is -12.7. The van der Waals surface area contributed by atoms with E-state index in [1.165, 1.54) is 0 Å². The lowest BCUT2D eigenvalue weighted by atomic mass is 9.97. The van der Waals surface area contributed by atoms with Crippen LogP contribution in [0.3, 0.4) is 0 Å². The largest absolute Gasteiger partial charge is 0.455 e. The molecule has 0 aliphatic carbocycles.